The fourth-order valence-electron chi connectivity index (χ4n) is 2.02. The molecule has 2 aromatic rings. The van der Waals surface area contributed by atoms with Gasteiger partial charge in [-0.25, -0.2) is 4.39 Å². The Labute approximate surface area is 123 Å². The quantitative estimate of drug-likeness (QED) is 0.770. The van der Waals surface area contributed by atoms with Crippen LogP contribution in [0.5, 0.6) is 5.75 Å². The highest BCUT2D eigenvalue weighted by atomic mass is 19.1. The average Bonchev–Trinajstić information content (AvgIpc) is 2.93. The monoisotopic (exact) mass is 292 g/mol. The average molecular weight is 292 g/mol. The number of nitrogens with zero attached hydrogens (tertiary/aromatic N) is 2. The van der Waals surface area contributed by atoms with Crippen LogP contribution in [0.4, 0.5) is 15.8 Å². The van der Waals surface area contributed by atoms with E-state index < -0.39 is 5.82 Å². The van der Waals surface area contributed by atoms with Crippen LogP contribution in [-0.4, -0.2) is 22.4 Å². The van der Waals surface area contributed by atoms with Crippen molar-refractivity contribution >= 4 is 11.4 Å². The van der Waals surface area contributed by atoms with Gasteiger partial charge in [0.25, 0.3) is 0 Å². The maximum atomic E-state index is 13.7. The molecule has 6 heteroatoms. The van der Waals surface area contributed by atoms with Crippen molar-refractivity contribution in [1.82, 2.24) is 9.78 Å². The van der Waals surface area contributed by atoms with E-state index in [0.29, 0.717) is 24.5 Å². The highest BCUT2D eigenvalue weighted by molar-refractivity contribution is 5.68. The van der Waals surface area contributed by atoms with Crippen LogP contribution in [0.15, 0.2) is 30.6 Å². The molecular formula is C15H21FN4O. The summed E-state index contributed by atoms with van der Waals surface area (Å²) in [5, 5.41) is 7.41. The summed E-state index contributed by atoms with van der Waals surface area (Å²) >= 11 is 0. The summed E-state index contributed by atoms with van der Waals surface area (Å²) in [6, 6.07) is 4.86. The van der Waals surface area contributed by atoms with Gasteiger partial charge in [-0.05, 0) is 19.4 Å². The van der Waals surface area contributed by atoms with Crippen LogP contribution in [0, 0.1) is 5.82 Å². The zero-order chi connectivity index (χ0) is 15.2. The van der Waals surface area contributed by atoms with E-state index in [1.54, 1.807) is 12.3 Å². The number of ether oxygens (including phenoxy) is 1. The summed E-state index contributed by atoms with van der Waals surface area (Å²) < 4.78 is 21.0. The lowest BCUT2D eigenvalue weighted by Crippen LogP contribution is -2.23. The van der Waals surface area contributed by atoms with Gasteiger partial charge in [0.05, 0.1) is 24.5 Å². The van der Waals surface area contributed by atoms with Gasteiger partial charge in [-0.2, -0.15) is 5.10 Å². The maximum Gasteiger partial charge on any atom is 0.167 e. The van der Waals surface area contributed by atoms with E-state index in [4.69, 9.17) is 10.5 Å². The number of benzene rings is 1. The second-order valence-electron chi connectivity index (χ2n) is 4.99. The SMILES string of the molecule is CCCOc1cc(NC(C)Cn2cccn2)c(N)cc1F. The van der Waals surface area contributed by atoms with Crippen LogP contribution < -0.4 is 15.8 Å². The number of hydrogen-bond donors (Lipinski definition) is 2. The maximum absolute atomic E-state index is 13.7. The molecule has 21 heavy (non-hydrogen) atoms. The minimum absolute atomic E-state index is 0.0942. The van der Waals surface area contributed by atoms with Crippen molar-refractivity contribution in [3.8, 4) is 5.75 Å². The van der Waals surface area contributed by atoms with Crippen LogP contribution in [0.1, 0.15) is 20.3 Å². The highest BCUT2D eigenvalue weighted by Gasteiger charge is 2.11. The molecule has 0 saturated heterocycles. The molecule has 0 bridgehead atoms. The van der Waals surface area contributed by atoms with Gasteiger partial charge in [0.1, 0.15) is 0 Å². The second-order valence-corrected chi connectivity index (χ2v) is 4.99. The molecule has 0 radical (unpaired) electrons. The van der Waals surface area contributed by atoms with Crippen LogP contribution in [0.25, 0.3) is 0 Å². The summed E-state index contributed by atoms with van der Waals surface area (Å²) in [5.74, 6) is -0.217. The Bertz CT molecular complexity index is 571. The van der Waals surface area contributed by atoms with Crippen molar-refractivity contribution in [3.63, 3.8) is 0 Å². The smallest absolute Gasteiger partial charge is 0.167 e. The van der Waals surface area contributed by atoms with Gasteiger partial charge in [0, 0.05) is 30.6 Å². The van der Waals surface area contributed by atoms with E-state index in [0.717, 1.165) is 6.42 Å². The summed E-state index contributed by atoms with van der Waals surface area (Å²) in [5.41, 5.74) is 6.89. The number of nitrogens with two attached hydrogens (primary N) is 1. The van der Waals surface area contributed by atoms with Crippen LogP contribution in [-0.2, 0) is 6.54 Å². The first-order valence-electron chi connectivity index (χ1n) is 7.06. The zero-order valence-electron chi connectivity index (χ0n) is 12.3. The lowest BCUT2D eigenvalue weighted by molar-refractivity contribution is 0.301. The third-order valence-corrected chi connectivity index (χ3v) is 2.99. The van der Waals surface area contributed by atoms with E-state index in [9.17, 15) is 4.39 Å². The fraction of sp³-hybridized carbons (Fsp3) is 0.400. The van der Waals surface area contributed by atoms with Crippen molar-refractivity contribution in [2.75, 3.05) is 17.7 Å². The molecule has 0 fully saturated rings. The predicted octanol–water partition coefficient (Wildman–Crippen LogP) is 2.89. The number of hydrogen-bond acceptors (Lipinski definition) is 4. The Morgan fingerprint density at radius 3 is 2.95 bits per heavy atom. The number of anilines is 2. The molecule has 1 atom stereocenters. The Hall–Kier alpha value is -2.24. The molecule has 0 aliphatic carbocycles. The molecule has 0 saturated carbocycles. The number of nitrogen functional groups attached to an aromatic ring is 1. The summed E-state index contributed by atoms with van der Waals surface area (Å²) in [7, 11) is 0. The molecule has 0 amide bonds. The summed E-state index contributed by atoms with van der Waals surface area (Å²) in [4.78, 5) is 0. The van der Waals surface area contributed by atoms with E-state index in [-0.39, 0.29) is 11.8 Å². The molecule has 3 N–H and O–H groups in total. The third-order valence-electron chi connectivity index (χ3n) is 2.99. The minimum atomic E-state index is -0.439. The van der Waals surface area contributed by atoms with E-state index in [1.165, 1.54) is 6.07 Å². The molecular weight excluding hydrogens is 271 g/mol. The summed E-state index contributed by atoms with van der Waals surface area (Å²) in [6.45, 7) is 5.15. The summed E-state index contributed by atoms with van der Waals surface area (Å²) in [6.07, 6.45) is 4.44. The van der Waals surface area contributed by atoms with Gasteiger partial charge in [-0.3, -0.25) is 4.68 Å². The van der Waals surface area contributed by atoms with E-state index >= 15 is 0 Å². The van der Waals surface area contributed by atoms with E-state index in [1.807, 2.05) is 30.8 Å². The molecule has 2 rings (SSSR count). The van der Waals surface area contributed by atoms with Crippen molar-refractivity contribution in [3.05, 3.63) is 36.4 Å². The van der Waals surface area contributed by atoms with Crippen molar-refractivity contribution in [2.45, 2.75) is 32.9 Å². The van der Waals surface area contributed by atoms with Gasteiger partial charge in [-0.1, -0.05) is 6.92 Å². The van der Waals surface area contributed by atoms with Crippen molar-refractivity contribution in [2.24, 2.45) is 0 Å². The van der Waals surface area contributed by atoms with Gasteiger partial charge >= 0.3 is 0 Å². The predicted molar refractivity (Wildman–Crippen MR) is 81.9 cm³/mol. The number of aromatic nitrogens is 2. The third kappa shape index (κ3) is 4.11. The molecule has 114 valence electrons. The van der Waals surface area contributed by atoms with Crippen LogP contribution >= 0.6 is 0 Å². The molecule has 0 spiro atoms. The van der Waals surface area contributed by atoms with Crippen molar-refractivity contribution < 1.29 is 9.13 Å². The van der Waals surface area contributed by atoms with Gasteiger partial charge in [0.2, 0.25) is 0 Å². The molecule has 1 aromatic heterocycles. The number of nitrogens with one attached hydrogen (secondary N) is 1. The molecule has 5 nitrogen and oxygen atoms in total. The Morgan fingerprint density at radius 2 is 2.29 bits per heavy atom. The lowest BCUT2D eigenvalue weighted by atomic mass is 10.2. The first-order chi connectivity index (χ1) is 10.1. The lowest BCUT2D eigenvalue weighted by Gasteiger charge is -2.18. The number of rotatable bonds is 7. The standard InChI is InChI=1S/C15H21FN4O/c1-3-7-21-15-9-14(13(17)8-12(15)16)19-11(2)10-20-6-4-5-18-20/h4-6,8-9,11,19H,3,7,10,17H2,1-2H3. The topological polar surface area (TPSA) is 65.1 Å². The van der Waals surface area contributed by atoms with E-state index in [2.05, 4.69) is 10.4 Å². The number of halogens is 1. The van der Waals surface area contributed by atoms with Gasteiger partial charge < -0.3 is 15.8 Å². The fourth-order valence-corrected chi connectivity index (χ4v) is 2.02. The minimum Gasteiger partial charge on any atom is -0.490 e. The first kappa shape index (κ1) is 15.2. The largest absolute Gasteiger partial charge is 0.490 e. The van der Waals surface area contributed by atoms with Gasteiger partial charge in [0.15, 0.2) is 11.6 Å². The normalized spacial score (nSPS) is 12.1. The second kappa shape index (κ2) is 6.97. The molecule has 0 aliphatic heterocycles. The van der Waals surface area contributed by atoms with Crippen LogP contribution in [0.3, 0.4) is 0 Å². The highest BCUT2D eigenvalue weighted by Crippen LogP contribution is 2.29. The Kier molecular flexibility index (Phi) is 5.03. The first-order valence-corrected chi connectivity index (χ1v) is 7.06. The molecule has 1 aromatic carbocycles. The molecule has 1 heterocycles. The van der Waals surface area contributed by atoms with Crippen molar-refractivity contribution in [1.29, 1.82) is 0 Å². The van der Waals surface area contributed by atoms with Gasteiger partial charge in [-0.15, -0.1) is 0 Å². The van der Waals surface area contributed by atoms with Crippen LogP contribution in [0.2, 0.25) is 0 Å². The molecule has 1 unspecified atom stereocenters. The molecule has 0 aliphatic rings. The Morgan fingerprint density at radius 1 is 1.48 bits per heavy atom. The zero-order valence-corrected chi connectivity index (χ0v) is 12.3. The Balaban J connectivity index is 2.07.